The third kappa shape index (κ3) is 3.96. The van der Waals surface area contributed by atoms with Crippen molar-refractivity contribution in [1.29, 1.82) is 0 Å². The van der Waals surface area contributed by atoms with Gasteiger partial charge in [0.2, 0.25) is 10.0 Å². The van der Waals surface area contributed by atoms with Crippen LogP contribution >= 0.6 is 11.6 Å². The number of hydrogen-bond donors (Lipinski definition) is 2. The van der Waals surface area contributed by atoms with Crippen LogP contribution in [0.3, 0.4) is 0 Å². The molecule has 0 unspecified atom stereocenters. The van der Waals surface area contributed by atoms with Crippen LogP contribution in [-0.2, 0) is 10.0 Å². The molecule has 0 aromatic heterocycles. The summed E-state index contributed by atoms with van der Waals surface area (Å²) in [5.41, 5.74) is 0.180. The maximum atomic E-state index is 12.7. The Balaban J connectivity index is 2.80. The first-order valence-corrected chi connectivity index (χ1v) is 6.58. The Morgan fingerprint density at radius 3 is 2.69 bits per heavy atom. The van der Waals surface area contributed by atoms with Crippen molar-refractivity contribution >= 4 is 27.3 Å². The van der Waals surface area contributed by atoms with Gasteiger partial charge in [-0.3, -0.25) is 4.72 Å². The third-order valence-electron chi connectivity index (χ3n) is 1.82. The molecule has 16 heavy (non-hydrogen) atoms. The first-order valence-electron chi connectivity index (χ1n) is 4.55. The fraction of sp³-hybridized carbons (Fsp3) is 0.333. The lowest BCUT2D eigenvalue weighted by atomic mass is 10.3. The number of hydrogen-bond acceptors (Lipinski definition) is 3. The maximum absolute atomic E-state index is 12.7. The van der Waals surface area contributed by atoms with E-state index >= 15 is 0 Å². The summed E-state index contributed by atoms with van der Waals surface area (Å²) in [6, 6.07) is 3.48. The molecule has 1 aromatic carbocycles. The van der Waals surface area contributed by atoms with Gasteiger partial charge >= 0.3 is 0 Å². The van der Waals surface area contributed by atoms with Crippen molar-refractivity contribution in [2.45, 2.75) is 0 Å². The Hall–Kier alpha value is -0.850. The second kappa shape index (κ2) is 5.47. The van der Waals surface area contributed by atoms with Crippen molar-refractivity contribution in [3.63, 3.8) is 0 Å². The molecule has 0 amide bonds. The fourth-order valence-corrected chi connectivity index (χ4v) is 2.39. The summed E-state index contributed by atoms with van der Waals surface area (Å²) in [5, 5.41) is 2.76. The third-order valence-corrected chi connectivity index (χ3v) is 3.40. The summed E-state index contributed by atoms with van der Waals surface area (Å²) in [6.07, 6.45) is 0. The fourth-order valence-electron chi connectivity index (χ4n) is 1.03. The SMILES string of the molecule is CNCCS(=O)(=O)Nc1ccc(F)cc1Cl. The molecule has 1 rings (SSSR count). The normalized spacial score (nSPS) is 11.4. The van der Waals surface area contributed by atoms with Crippen molar-refractivity contribution in [2.75, 3.05) is 24.1 Å². The Morgan fingerprint density at radius 1 is 1.44 bits per heavy atom. The van der Waals surface area contributed by atoms with Crippen molar-refractivity contribution in [1.82, 2.24) is 5.32 Å². The van der Waals surface area contributed by atoms with Crippen LogP contribution in [0.2, 0.25) is 5.02 Å². The van der Waals surface area contributed by atoms with Crippen LogP contribution in [0.15, 0.2) is 18.2 Å². The minimum absolute atomic E-state index is 0.0352. The smallest absolute Gasteiger partial charge is 0.234 e. The second-order valence-corrected chi connectivity index (χ2v) is 5.40. The van der Waals surface area contributed by atoms with E-state index in [1.165, 1.54) is 6.07 Å². The van der Waals surface area contributed by atoms with E-state index in [9.17, 15) is 12.8 Å². The van der Waals surface area contributed by atoms with E-state index in [4.69, 9.17) is 11.6 Å². The van der Waals surface area contributed by atoms with Gasteiger partial charge in [-0.2, -0.15) is 0 Å². The number of benzene rings is 1. The van der Waals surface area contributed by atoms with Crippen LogP contribution in [0.4, 0.5) is 10.1 Å². The molecule has 0 aliphatic rings. The average molecular weight is 267 g/mol. The number of anilines is 1. The van der Waals surface area contributed by atoms with Crippen LogP contribution in [-0.4, -0.2) is 27.8 Å². The van der Waals surface area contributed by atoms with E-state index in [0.717, 1.165) is 12.1 Å². The minimum atomic E-state index is -3.45. The maximum Gasteiger partial charge on any atom is 0.234 e. The highest BCUT2D eigenvalue weighted by molar-refractivity contribution is 7.92. The minimum Gasteiger partial charge on any atom is -0.319 e. The molecule has 0 atom stereocenters. The van der Waals surface area contributed by atoms with Crippen LogP contribution in [0.1, 0.15) is 0 Å². The summed E-state index contributed by atoms with van der Waals surface area (Å²) in [4.78, 5) is 0. The molecule has 0 aliphatic heterocycles. The van der Waals surface area contributed by atoms with Gasteiger partial charge in [0, 0.05) is 6.54 Å². The number of rotatable bonds is 5. The molecule has 0 saturated carbocycles. The zero-order valence-electron chi connectivity index (χ0n) is 8.63. The summed E-state index contributed by atoms with van der Waals surface area (Å²) < 4.78 is 38.0. The largest absolute Gasteiger partial charge is 0.319 e. The Labute approximate surface area is 98.9 Å². The number of halogens is 2. The summed E-state index contributed by atoms with van der Waals surface area (Å²) >= 11 is 5.69. The highest BCUT2D eigenvalue weighted by Gasteiger charge is 2.11. The predicted octanol–water partition coefficient (Wildman–Crippen LogP) is 1.44. The van der Waals surface area contributed by atoms with Crippen LogP contribution < -0.4 is 10.0 Å². The van der Waals surface area contributed by atoms with E-state index in [1.54, 1.807) is 7.05 Å². The van der Waals surface area contributed by atoms with Gasteiger partial charge in [-0.1, -0.05) is 11.6 Å². The first-order chi connectivity index (χ1) is 7.44. The molecular weight excluding hydrogens is 255 g/mol. The molecule has 2 N–H and O–H groups in total. The number of sulfonamides is 1. The molecule has 0 spiro atoms. The van der Waals surface area contributed by atoms with E-state index in [-0.39, 0.29) is 16.5 Å². The van der Waals surface area contributed by atoms with Gasteiger partial charge in [0.1, 0.15) is 5.82 Å². The lowest BCUT2D eigenvalue weighted by molar-refractivity contribution is 0.598. The summed E-state index contributed by atoms with van der Waals surface area (Å²) in [5.74, 6) is -0.583. The van der Waals surface area contributed by atoms with E-state index < -0.39 is 15.8 Å². The predicted molar refractivity (Wildman–Crippen MR) is 62.7 cm³/mol. The van der Waals surface area contributed by atoms with Crippen molar-refractivity contribution in [3.8, 4) is 0 Å². The molecule has 0 heterocycles. The zero-order chi connectivity index (χ0) is 12.2. The molecule has 0 radical (unpaired) electrons. The van der Waals surface area contributed by atoms with E-state index in [0.29, 0.717) is 6.54 Å². The van der Waals surface area contributed by atoms with Gasteiger partial charge in [0.15, 0.2) is 0 Å². The van der Waals surface area contributed by atoms with Gasteiger partial charge in [-0.25, -0.2) is 12.8 Å². The monoisotopic (exact) mass is 266 g/mol. The molecular formula is C9H12ClFN2O2S. The quantitative estimate of drug-likeness (QED) is 0.848. The highest BCUT2D eigenvalue weighted by atomic mass is 35.5. The topological polar surface area (TPSA) is 58.2 Å². The number of nitrogens with one attached hydrogen (secondary N) is 2. The average Bonchev–Trinajstić information content (AvgIpc) is 2.19. The van der Waals surface area contributed by atoms with Gasteiger partial charge in [0.05, 0.1) is 16.5 Å². The molecule has 4 nitrogen and oxygen atoms in total. The lowest BCUT2D eigenvalue weighted by Crippen LogP contribution is -2.24. The highest BCUT2D eigenvalue weighted by Crippen LogP contribution is 2.23. The zero-order valence-corrected chi connectivity index (χ0v) is 10.2. The van der Waals surface area contributed by atoms with Gasteiger partial charge in [-0.05, 0) is 25.2 Å². The molecule has 0 aliphatic carbocycles. The Kier molecular flexibility index (Phi) is 4.52. The van der Waals surface area contributed by atoms with E-state index in [2.05, 4.69) is 10.0 Å². The Bertz CT molecular complexity index is 465. The Morgan fingerprint density at radius 2 is 2.12 bits per heavy atom. The van der Waals surface area contributed by atoms with Crippen molar-refractivity contribution in [2.24, 2.45) is 0 Å². The van der Waals surface area contributed by atoms with Crippen LogP contribution in [0.25, 0.3) is 0 Å². The molecule has 0 fully saturated rings. The van der Waals surface area contributed by atoms with Gasteiger partial charge < -0.3 is 5.32 Å². The van der Waals surface area contributed by atoms with Gasteiger partial charge in [0.25, 0.3) is 0 Å². The van der Waals surface area contributed by atoms with Crippen molar-refractivity contribution in [3.05, 3.63) is 29.0 Å². The molecule has 7 heteroatoms. The summed E-state index contributed by atoms with van der Waals surface area (Å²) in [6.45, 7) is 0.328. The molecule has 90 valence electrons. The summed E-state index contributed by atoms with van der Waals surface area (Å²) in [7, 11) is -1.80. The standard InChI is InChI=1S/C9H12ClFN2O2S/c1-12-4-5-16(14,15)13-9-3-2-7(11)6-8(9)10/h2-3,6,12-13H,4-5H2,1H3. The molecule has 0 saturated heterocycles. The van der Waals surface area contributed by atoms with Crippen LogP contribution in [0, 0.1) is 5.82 Å². The van der Waals surface area contributed by atoms with Crippen LogP contribution in [0.5, 0.6) is 0 Å². The first kappa shape index (κ1) is 13.2. The van der Waals surface area contributed by atoms with Gasteiger partial charge in [-0.15, -0.1) is 0 Å². The van der Waals surface area contributed by atoms with E-state index in [1.807, 2.05) is 0 Å². The second-order valence-electron chi connectivity index (χ2n) is 3.15. The molecule has 0 bridgehead atoms. The lowest BCUT2D eigenvalue weighted by Gasteiger charge is -2.09. The molecule has 1 aromatic rings. The van der Waals surface area contributed by atoms with Crippen molar-refractivity contribution < 1.29 is 12.8 Å².